The summed E-state index contributed by atoms with van der Waals surface area (Å²) in [5.41, 5.74) is 5.49. The lowest BCUT2D eigenvalue weighted by molar-refractivity contribution is 0.0697. The Morgan fingerprint density at radius 3 is 2.62 bits per heavy atom. The van der Waals surface area contributed by atoms with Gasteiger partial charge in [-0.25, -0.2) is 4.79 Å². The molecule has 0 aliphatic carbocycles. The molecule has 0 spiro atoms. The first-order valence-electron chi connectivity index (χ1n) is 3.64. The summed E-state index contributed by atoms with van der Waals surface area (Å²) in [5.74, 6) is -1.15. The summed E-state index contributed by atoms with van der Waals surface area (Å²) in [5, 5.41) is 8.71. The van der Waals surface area contributed by atoms with Crippen molar-refractivity contribution in [2.45, 2.75) is 6.92 Å². The van der Waals surface area contributed by atoms with Crippen LogP contribution in [0.4, 0.5) is 5.82 Å². The second-order valence-corrected chi connectivity index (χ2v) is 2.80. The maximum Gasteiger partial charge on any atom is 0.339 e. The molecule has 0 unspecified atom stereocenters. The Bertz CT molecular complexity index is 420. The van der Waals surface area contributed by atoms with E-state index in [1.54, 1.807) is 6.92 Å². The highest BCUT2D eigenvalue weighted by Gasteiger charge is 2.12. The van der Waals surface area contributed by atoms with E-state index >= 15 is 0 Å². The van der Waals surface area contributed by atoms with Gasteiger partial charge in [-0.2, -0.15) is 0 Å². The zero-order valence-corrected chi connectivity index (χ0v) is 7.37. The summed E-state index contributed by atoms with van der Waals surface area (Å²) in [6, 6.07) is 1.28. The van der Waals surface area contributed by atoms with Crippen LogP contribution in [0.2, 0.25) is 0 Å². The smallest absolute Gasteiger partial charge is 0.339 e. The Morgan fingerprint density at radius 2 is 2.15 bits per heavy atom. The van der Waals surface area contributed by atoms with Crippen molar-refractivity contribution < 1.29 is 9.90 Å². The van der Waals surface area contributed by atoms with Crippen molar-refractivity contribution in [3.05, 3.63) is 27.5 Å². The van der Waals surface area contributed by atoms with Gasteiger partial charge < -0.3 is 10.8 Å². The minimum atomic E-state index is -1.13. The number of carbonyl (C=O) groups is 1. The van der Waals surface area contributed by atoms with Crippen molar-refractivity contribution in [1.29, 1.82) is 0 Å². The zero-order chi connectivity index (χ0) is 10.2. The number of aromatic carboxylic acids is 1. The number of nitrogens with two attached hydrogens (primary N) is 1. The number of nitrogen functional groups attached to an aromatic ring is 1. The maximum absolute atomic E-state index is 11.3. The van der Waals surface area contributed by atoms with Crippen LogP contribution in [0.25, 0.3) is 0 Å². The highest BCUT2D eigenvalue weighted by molar-refractivity contribution is 5.92. The first-order chi connectivity index (χ1) is 5.95. The first kappa shape index (κ1) is 9.31. The van der Waals surface area contributed by atoms with Crippen LogP contribution in [0, 0.1) is 6.92 Å². The number of carboxylic acids is 1. The largest absolute Gasteiger partial charge is 0.478 e. The third-order valence-corrected chi connectivity index (χ3v) is 1.87. The third-order valence-electron chi connectivity index (χ3n) is 1.87. The SMILES string of the molecule is Cc1cc(C(=O)O)c(N)n(C)c1=O. The molecule has 0 saturated heterocycles. The molecular formula is C8H10N2O3. The van der Waals surface area contributed by atoms with Gasteiger partial charge in [0.25, 0.3) is 5.56 Å². The van der Waals surface area contributed by atoms with Gasteiger partial charge in [-0.05, 0) is 13.0 Å². The van der Waals surface area contributed by atoms with Crippen LogP contribution in [-0.4, -0.2) is 15.6 Å². The average Bonchev–Trinajstić information content (AvgIpc) is 2.07. The molecule has 0 aliphatic heterocycles. The highest BCUT2D eigenvalue weighted by atomic mass is 16.4. The number of hydrogen-bond acceptors (Lipinski definition) is 3. The zero-order valence-electron chi connectivity index (χ0n) is 7.37. The van der Waals surface area contributed by atoms with Crippen LogP contribution in [-0.2, 0) is 7.05 Å². The summed E-state index contributed by atoms with van der Waals surface area (Å²) in [4.78, 5) is 21.9. The van der Waals surface area contributed by atoms with E-state index < -0.39 is 5.97 Å². The summed E-state index contributed by atoms with van der Waals surface area (Å²) in [6.07, 6.45) is 0. The lowest BCUT2D eigenvalue weighted by Crippen LogP contribution is -2.24. The number of nitrogens with zero attached hydrogens (tertiary/aromatic N) is 1. The van der Waals surface area contributed by atoms with Gasteiger partial charge in [0.2, 0.25) is 0 Å². The Labute approximate surface area is 74.4 Å². The molecule has 0 bridgehead atoms. The van der Waals surface area contributed by atoms with Crippen molar-refractivity contribution in [3.63, 3.8) is 0 Å². The number of anilines is 1. The van der Waals surface area contributed by atoms with Gasteiger partial charge in [0.1, 0.15) is 11.4 Å². The van der Waals surface area contributed by atoms with Crippen LogP contribution in [0.3, 0.4) is 0 Å². The molecule has 70 valence electrons. The number of pyridine rings is 1. The molecule has 0 fully saturated rings. The van der Waals surface area contributed by atoms with Crippen molar-refractivity contribution in [1.82, 2.24) is 4.57 Å². The van der Waals surface area contributed by atoms with Crippen molar-refractivity contribution in [2.24, 2.45) is 7.05 Å². The fraction of sp³-hybridized carbons (Fsp3) is 0.250. The Kier molecular flexibility index (Phi) is 2.10. The summed E-state index contributed by atoms with van der Waals surface area (Å²) >= 11 is 0. The molecule has 0 radical (unpaired) electrons. The lowest BCUT2D eigenvalue weighted by atomic mass is 10.2. The van der Waals surface area contributed by atoms with Gasteiger partial charge >= 0.3 is 5.97 Å². The fourth-order valence-electron chi connectivity index (χ4n) is 1.08. The Balaban J connectivity index is 3.60. The van der Waals surface area contributed by atoms with E-state index in [-0.39, 0.29) is 16.9 Å². The minimum Gasteiger partial charge on any atom is -0.478 e. The predicted octanol–water partition coefficient (Wildman–Crippen LogP) is -0.0259. The molecule has 1 aromatic heterocycles. The number of aryl methyl sites for hydroxylation is 1. The standard InChI is InChI=1S/C8H10N2O3/c1-4-3-5(8(12)13)6(9)10(2)7(4)11/h3H,9H2,1-2H3,(H,12,13). The number of rotatable bonds is 1. The Morgan fingerprint density at radius 1 is 1.62 bits per heavy atom. The molecule has 0 atom stereocenters. The van der Waals surface area contributed by atoms with Gasteiger partial charge in [0.15, 0.2) is 0 Å². The van der Waals surface area contributed by atoms with Gasteiger partial charge in [0, 0.05) is 12.6 Å². The Hall–Kier alpha value is -1.78. The van der Waals surface area contributed by atoms with E-state index in [0.29, 0.717) is 5.56 Å². The first-order valence-corrected chi connectivity index (χ1v) is 3.64. The molecule has 0 aromatic carbocycles. The van der Waals surface area contributed by atoms with Crippen LogP contribution in [0.5, 0.6) is 0 Å². The predicted molar refractivity (Wildman–Crippen MR) is 47.8 cm³/mol. The molecule has 0 saturated carbocycles. The van der Waals surface area contributed by atoms with E-state index in [1.165, 1.54) is 13.1 Å². The van der Waals surface area contributed by atoms with E-state index in [2.05, 4.69) is 0 Å². The van der Waals surface area contributed by atoms with E-state index in [9.17, 15) is 9.59 Å². The van der Waals surface area contributed by atoms with E-state index in [4.69, 9.17) is 10.8 Å². The van der Waals surface area contributed by atoms with E-state index in [1.807, 2.05) is 0 Å². The molecule has 1 aromatic rings. The van der Waals surface area contributed by atoms with Gasteiger partial charge in [-0.15, -0.1) is 0 Å². The van der Waals surface area contributed by atoms with Crippen molar-refractivity contribution in [2.75, 3.05) is 5.73 Å². The fourth-order valence-corrected chi connectivity index (χ4v) is 1.08. The second-order valence-electron chi connectivity index (χ2n) is 2.80. The molecule has 13 heavy (non-hydrogen) atoms. The van der Waals surface area contributed by atoms with Gasteiger partial charge in [-0.1, -0.05) is 0 Å². The summed E-state index contributed by atoms with van der Waals surface area (Å²) < 4.78 is 1.12. The van der Waals surface area contributed by atoms with Gasteiger partial charge in [-0.3, -0.25) is 9.36 Å². The van der Waals surface area contributed by atoms with Crippen LogP contribution >= 0.6 is 0 Å². The molecule has 1 rings (SSSR count). The summed E-state index contributed by atoms with van der Waals surface area (Å²) in [6.45, 7) is 1.55. The average molecular weight is 182 g/mol. The molecule has 3 N–H and O–H groups in total. The van der Waals surface area contributed by atoms with Crippen LogP contribution in [0.1, 0.15) is 15.9 Å². The van der Waals surface area contributed by atoms with Gasteiger partial charge in [0.05, 0.1) is 0 Å². The third kappa shape index (κ3) is 1.40. The van der Waals surface area contributed by atoms with E-state index in [0.717, 1.165) is 4.57 Å². The van der Waals surface area contributed by atoms with Crippen molar-refractivity contribution in [3.8, 4) is 0 Å². The summed E-state index contributed by atoms with van der Waals surface area (Å²) in [7, 11) is 1.44. The minimum absolute atomic E-state index is 0.0249. The molecular weight excluding hydrogens is 172 g/mol. The molecule has 1 heterocycles. The van der Waals surface area contributed by atoms with Crippen LogP contribution < -0.4 is 11.3 Å². The normalized spacial score (nSPS) is 10.0. The number of hydrogen-bond donors (Lipinski definition) is 2. The number of aromatic nitrogens is 1. The lowest BCUT2D eigenvalue weighted by Gasteiger charge is -2.07. The maximum atomic E-state index is 11.3. The van der Waals surface area contributed by atoms with Crippen molar-refractivity contribution >= 4 is 11.8 Å². The van der Waals surface area contributed by atoms with Crippen LogP contribution in [0.15, 0.2) is 10.9 Å². The quantitative estimate of drug-likeness (QED) is 0.638. The number of carboxylic acid groups (broad SMARTS) is 1. The second kappa shape index (κ2) is 2.93. The topological polar surface area (TPSA) is 85.3 Å². The molecule has 0 aliphatic rings. The molecule has 0 amide bonds. The molecule has 5 nitrogen and oxygen atoms in total. The highest BCUT2D eigenvalue weighted by Crippen LogP contribution is 2.09. The molecule has 5 heteroatoms. The monoisotopic (exact) mass is 182 g/mol.